The molecule has 2 N–H and O–H groups in total. The van der Waals surface area contributed by atoms with Gasteiger partial charge in [-0.15, -0.1) is 0 Å². The Bertz CT molecular complexity index is 729. The Hall–Kier alpha value is -1.84. The van der Waals surface area contributed by atoms with E-state index >= 15 is 0 Å². The number of aliphatic carboxylic acids is 2. The summed E-state index contributed by atoms with van der Waals surface area (Å²) >= 11 is 0. The highest BCUT2D eigenvalue weighted by molar-refractivity contribution is 5.73. The van der Waals surface area contributed by atoms with Crippen molar-refractivity contribution in [2.45, 2.75) is 99.8 Å². The predicted octanol–water partition coefficient (Wildman–Crippen LogP) is 6.26. The molecule has 1 aromatic carbocycles. The molecule has 0 saturated heterocycles. The van der Waals surface area contributed by atoms with Crippen molar-refractivity contribution < 1.29 is 19.8 Å². The molecule has 4 heteroatoms. The van der Waals surface area contributed by atoms with Gasteiger partial charge in [-0.25, -0.2) is 0 Å². The van der Waals surface area contributed by atoms with Crippen LogP contribution in [0.25, 0.3) is 0 Å². The number of carboxylic acid groups (broad SMARTS) is 2. The molecule has 0 radical (unpaired) electrons. The number of rotatable bonds is 12. The first kappa shape index (κ1) is 25.2. The standard InChI is InChI=1S/C25H40O4/c1-17-16-20(12-8-10-14-24(4,5)22(26)27)18(2)19(3)21(17)13-9-11-15-25(6,7)23(28)29/h16H,8-15H2,1-7H3,(H,26,27)(H,28,29). The van der Waals surface area contributed by atoms with E-state index in [-0.39, 0.29) is 0 Å². The normalized spacial score (nSPS) is 12.2. The molecule has 0 fully saturated rings. The van der Waals surface area contributed by atoms with E-state index in [1.165, 1.54) is 27.8 Å². The third-order valence-electron chi connectivity index (χ3n) is 6.50. The second-order valence-corrected chi connectivity index (χ2v) is 9.87. The zero-order chi connectivity index (χ0) is 22.4. The Morgan fingerprint density at radius 3 is 1.66 bits per heavy atom. The average Bonchev–Trinajstić information content (AvgIpc) is 2.61. The molecule has 4 nitrogen and oxygen atoms in total. The van der Waals surface area contributed by atoms with Crippen LogP contribution >= 0.6 is 0 Å². The lowest BCUT2D eigenvalue weighted by atomic mass is 9.84. The summed E-state index contributed by atoms with van der Waals surface area (Å²) in [4.78, 5) is 22.5. The molecule has 29 heavy (non-hydrogen) atoms. The van der Waals surface area contributed by atoms with Crippen LogP contribution in [0.3, 0.4) is 0 Å². The maximum atomic E-state index is 11.2. The Morgan fingerprint density at radius 1 is 0.759 bits per heavy atom. The van der Waals surface area contributed by atoms with Crippen molar-refractivity contribution in [2.75, 3.05) is 0 Å². The number of hydrogen-bond acceptors (Lipinski definition) is 2. The number of carboxylic acids is 2. The number of hydrogen-bond donors (Lipinski definition) is 2. The monoisotopic (exact) mass is 404 g/mol. The van der Waals surface area contributed by atoms with Gasteiger partial charge in [0.15, 0.2) is 0 Å². The largest absolute Gasteiger partial charge is 0.481 e. The molecule has 0 aliphatic carbocycles. The van der Waals surface area contributed by atoms with Gasteiger partial charge in [0, 0.05) is 0 Å². The molecule has 0 heterocycles. The van der Waals surface area contributed by atoms with Crippen molar-refractivity contribution in [3.05, 3.63) is 33.9 Å². The van der Waals surface area contributed by atoms with E-state index in [0.29, 0.717) is 12.8 Å². The SMILES string of the molecule is Cc1cc(CCCCC(C)(C)C(=O)O)c(C)c(C)c1CCCCC(C)(C)C(=O)O. The minimum Gasteiger partial charge on any atom is -0.481 e. The molecule has 1 aromatic rings. The first-order valence-electron chi connectivity index (χ1n) is 10.8. The molecular formula is C25H40O4. The van der Waals surface area contributed by atoms with Crippen molar-refractivity contribution in [3.8, 4) is 0 Å². The fraction of sp³-hybridized carbons (Fsp3) is 0.680. The smallest absolute Gasteiger partial charge is 0.309 e. The first-order chi connectivity index (χ1) is 13.3. The van der Waals surface area contributed by atoms with Crippen LogP contribution in [0.4, 0.5) is 0 Å². The molecular weight excluding hydrogens is 364 g/mol. The van der Waals surface area contributed by atoms with Crippen LogP contribution in [-0.4, -0.2) is 22.2 Å². The second-order valence-electron chi connectivity index (χ2n) is 9.87. The summed E-state index contributed by atoms with van der Waals surface area (Å²) in [5.74, 6) is -1.45. The minimum atomic E-state index is -0.725. The molecule has 0 spiro atoms. The van der Waals surface area contributed by atoms with Crippen LogP contribution in [0.15, 0.2) is 6.07 Å². The second kappa shape index (κ2) is 10.3. The van der Waals surface area contributed by atoms with Gasteiger partial charge in [0.2, 0.25) is 0 Å². The maximum Gasteiger partial charge on any atom is 0.309 e. The highest BCUT2D eigenvalue weighted by Crippen LogP contribution is 2.29. The van der Waals surface area contributed by atoms with Gasteiger partial charge in [-0.3, -0.25) is 9.59 Å². The lowest BCUT2D eigenvalue weighted by Gasteiger charge is -2.20. The molecule has 0 atom stereocenters. The van der Waals surface area contributed by atoms with Crippen LogP contribution in [0.5, 0.6) is 0 Å². The Kier molecular flexibility index (Phi) is 8.92. The van der Waals surface area contributed by atoms with Gasteiger partial charge in [0.05, 0.1) is 10.8 Å². The van der Waals surface area contributed by atoms with E-state index in [4.69, 9.17) is 0 Å². The summed E-state index contributed by atoms with van der Waals surface area (Å²) in [6, 6.07) is 2.29. The molecule has 0 aromatic heterocycles. The quantitative estimate of drug-likeness (QED) is 0.403. The lowest BCUT2D eigenvalue weighted by molar-refractivity contribution is -0.148. The third-order valence-corrected chi connectivity index (χ3v) is 6.50. The maximum absolute atomic E-state index is 11.2. The predicted molar refractivity (Wildman–Crippen MR) is 119 cm³/mol. The number of aryl methyl sites for hydroxylation is 2. The van der Waals surface area contributed by atoms with Gasteiger partial charge < -0.3 is 10.2 Å². The average molecular weight is 405 g/mol. The van der Waals surface area contributed by atoms with Crippen LogP contribution < -0.4 is 0 Å². The van der Waals surface area contributed by atoms with Crippen molar-refractivity contribution in [1.29, 1.82) is 0 Å². The Labute approximate surface area is 176 Å². The van der Waals surface area contributed by atoms with Gasteiger partial charge in [0.1, 0.15) is 0 Å². The molecule has 164 valence electrons. The molecule has 0 amide bonds. The molecule has 0 aliphatic rings. The first-order valence-corrected chi connectivity index (χ1v) is 10.8. The van der Waals surface area contributed by atoms with E-state index in [1.807, 2.05) is 0 Å². The van der Waals surface area contributed by atoms with Crippen LogP contribution in [-0.2, 0) is 22.4 Å². The summed E-state index contributed by atoms with van der Waals surface area (Å²) in [6.07, 6.45) is 7.20. The van der Waals surface area contributed by atoms with E-state index in [0.717, 1.165) is 38.5 Å². The van der Waals surface area contributed by atoms with E-state index in [1.54, 1.807) is 27.7 Å². The fourth-order valence-corrected chi connectivity index (χ4v) is 3.83. The van der Waals surface area contributed by atoms with Crippen molar-refractivity contribution >= 4 is 11.9 Å². The minimum absolute atomic E-state index is 0.653. The Morgan fingerprint density at radius 2 is 1.21 bits per heavy atom. The van der Waals surface area contributed by atoms with Gasteiger partial charge in [-0.1, -0.05) is 18.9 Å². The van der Waals surface area contributed by atoms with E-state index in [2.05, 4.69) is 26.8 Å². The van der Waals surface area contributed by atoms with Crippen LogP contribution in [0.2, 0.25) is 0 Å². The number of benzene rings is 1. The summed E-state index contributed by atoms with van der Waals surface area (Å²) < 4.78 is 0. The molecule has 1 rings (SSSR count). The molecule has 0 unspecified atom stereocenters. The topological polar surface area (TPSA) is 74.6 Å². The highest BCUT2D eigenvalue weighted by Gasteiger charge is 2.27. The van der Waals surface area contributed by atoms with Gasteiger partial charge in [0.25, 0.3) is 0 Å². The zero-order valence-corrected chi connectivity index (χ0v) is 19.4. The van der Waals surface area contributed by atoms with Gasteiger partial charge in [-0.05, 0) is 115 Å². The van der Waals surface area contributed by atoms with Crippen molar-refractivity contribution in [3.63, 3.8) is 0 Å². The molecule has 0 aliphatic heterocycles. The number of carbonyl (C=O) groups is 2. The van der Waals surface area contributed by atoms with Crippen molar-refractivity contribution in [1.82, 2.24) is 0 Å². The zero-order valence-electron chi connectivity index (χ0n) is 19.4. The summed E-state index contributed by atoms with van der Waals surface area (Å²) in [7, 11) is 0. The molecule has 0 saturated carbocycles. The summed E-state index contributed by atoms with van der Waals surface area (Å²) in [5, 5.41) is 18.5. The van der Waals surface area contributed by atoms with Gasteiger partial charge in [-0.2, -0.15) is 0 Å². The lowest BCUT2D eigenvalue weighted by Crippen LogP contribution is -2.23. The van der Waals surface area contributed by atoms with Crippen molar-refractivity contribution in [2.24, 2.45) is 10.8 Å². The summed E-state index contributed by atoms with van der Waals surface area (Å²) in [5.41, 5.74) is 5.46. The van der Waals surface area contributed by atoms with Crippen LogP contribution in [0, 0.1) is 31.6 Å². The number of unbranched alkanes of at least 4 members (excludes halogenated alkanes) is 2. The van der Waals surface area contributed by atoms with Gasteiger partial charge >= 0.3 is 11.9 Å². The fourth-order valence-electron chi connectivity index (χ4n) is 3.83. The van der Waals surface area contributed by atoms with E-state index < -0.39 is 22.8 Å². The van der Waals surface area contributed by atoms with Crippen LogP contribution in [0.1, 0.15) is 94.0 Å². The van der Waals surface area contributed by atoms with E-state index in [9.17, 15) is 19.8 Å². The summed E-state index contributed by atoms with van der Waals surface area (Å²) in [6.45, 7) is 13.7. The highest BCUT2D eigenvalue weighted by atomic mass is 16.4. The molecule has 0 bridgehead atoms. The third kappa shape index (κ3) is 7.17. The Balaban J connectivity index is 2.66.